The molecule has 0 radical (unpaired) electrons. The minimum Gasteiger partial charge on any atom is -0.379 e. The van der Waals surface area contributed by atoms with E-state index in [1.807, 2.05) is 0 Å². The Morgan fingerprint density at radius 3 is 2.88 bits per heavy atom. The molecule has 1 aromatic rings. The van der Waals surface area contributed by atoms with Gasteiger partial charge in [-0.3, -0.25) is 4.90 Å². The van der Waals surface area contributed by atoms with Crippen LogP contribution in [0.4, 0.5) is 0 Å². The van der Waals surface area contributed by atoms with Crippen LogP contribution < -0.4 is 10.6 Å². The highest BCUT2D eigenvalue weighted by Gasteiger charge is 2.23. The molecule has 6 heteroatoms. The SMILES string of the molecule is CCNC(=NCc1cccc(C)c1)NCC(C)N1CCOCC1C.I. The minimum absolute atomic E-state index is 0. The van der Waals surface area contributed by atoms with E-state index in [1.165, 1.54) is 11.1 Å². The van der Waals surface area contributed by atoms with Gasteiger partial charge in [0, 0.05) is 31.7 Å². The van der Waals surface area contributed by atoms with Gasteiger partial charge in [-0.05, 0) is 33.3 Å². The lowest BCUT2D eigenvalue weighted by Gasteiger charge is -2.38. The standard InChI is InChI=1S/C19H32N4O.HI/c1-5-20-19(22-13-18-8-6-7-15(2)11-18)21-12-16(3)23-9-10-24-14-17(23)4;/h6-8,11,16-17H,5,9-10,12-14H2,1-4H3,(H2,20,21,22);1H. The smallest absolute Gasteiger partial charge is 0.191 e. The van der Waals surface area contributed by atoms with E-state index in [0.29, 0.717) is 18.6 Å². The number of nitrogens with zero attached hydrogens (tertiary/aromatic N) is 2. The van der Waals surface area contributed by atoms with Crippen molar-refractivity contribution in [3.05, 3.63) is 35.4 Å². The number of aryl methyl sites for hydroxylation is 1. The number of guanidine groups is 1. The second-order valence-corrected chi connectivity index (χ2v) is 6.58. The monoisotopic (exact) mass is 460 g/mol. The molecule has 2 atom stereocenters. The fourth-order valence-corrected chi connectivity index (χ4v) is 3.08. The van der Waals surface area contributed by atoms with Gasteiger partial charge in [0.1, 0.15) is 0 Å². The predicted molar refractivity (Wildman–Crippen MR) is 116 cm³/mol. The first-order valence-electron chi connectivity index (χ1n) is 9.01. The van der Waals surface area contributed by atoms with Gasteiger partial charge in [0.25, 0.3) is 0 Å². The number of aliphatic imine (C=N–C) groups is 1. The molecule has 0 spiro atoms. The van der Waals surface area contributed by atoms with E-state index in [2.05, 4.69) is 67.5 Å². The van der Waals surface area contributed by atoms with Crippen LogP contribution in [-0.4, -0.2) is 55.8 Å². The zero-order valence-electron chi connectivity index (χ0n) is 15.9. The van der Waals surface area contributed by atoms with Gasteiger partial charge in [-0.1, -0.05) is 29.8 Å². The Morgan fingerprint density at radius 1 is 1.40 bits per heavy atom. The van der Waals surface area contributed by atoms with Gasteiger partial charge in [-0.15, -0.1) is 24.0 Å². The normalized spacial score (nSPS) is 19.8. The summed E-state index contributed by atoms with van der Waals surface area (Å²) < 4.78 is 5.53. The molecule has 142 valence electrons. The third-order valence-corrected chi connectivity index (χ3v) is 4.40. The van der Waals surface area contributed by atoms with Gasteiger partial charge < -0.3 is 15.4 Å². The Morgan fingerprint density at radius 2 is 2.20 bits per heavy atom. The maximum atomic E-state index is 5.53. The van der Waals surface area contributed by atoms with Crippen LogP contribution in [0.3, 0.4) is 0 Å². The van der Waals surface area contributed by atoms with Crippen molar-refractivity contribution >= 4 is 29.9 Å². The molecule has 1 aromatic carbocycles. The molecule has 2 N–H and O–H groups in total. The van der Waals surface area contributed by atoms with Crippen molar-refractivity contribution < 1.29 is 4.74 Å². The van der Waals surface area contributed by atoms with E-state index >= 15 is 0 Å². The van der Waals surface area contributed by atoms with Crippen LogP contribution in [0.25, 0.3) is 0 Å². The second kappa shape index (κ2) is 11.7. The zero-order valence-corrected chi connectivity index (χ0v) is 18.2. The van der Waals surface area contributed by atoms with E-state index in [1.54, 1.807) is 0 Å². The molecule has 25 heavy (non-hydrogen) atoms. The van der Waals surface area contributed by atoms with Gasteiger partial charge in [0.15, 0.2) is 5.96 Å². The molecule has 1 aliphatic rings. The van der Waals surface area contributed by atoms with Crippen LogP contribution in [-0.2, 0) is 11.3 Å². The second-order valence-electron chi connectivity index (χ2n) is 6.58. The van der Waals surface area contributed by atoms with Gasteiger partial charge in [0.2, 0.25) is 0 Å². The molecule has 1 aliphatic heterocycles. The average Bonchev–Trinajstić information content (AvgIpc) is 2.57. The summed E-state index contributed by atoms with van der Waals surface area (Å²) in [5, 5.41) is 6.81. The molecular formula is C19H33IN4O. The first-order chi connectivity index (χ1) is 11.6. The molecule has 5 nitrogen and oxygen atoms in total. The van der Waals surface area contributed by atoms with Gasteiger partial charge >= 0.3 is 0 Å². The number of halogens is 1. The van der Waals surface area contributed by atoms with Crippen molar-refractivity contribution in [2.75, 3.05) is 32.8 Å². The third kappa shape index (κ3) is 7.50. The summed E-state index contributed by atoms with van der Waals surface area (Å²) in [6.07, 6.45) is 0. The number of morpholine rings is 1. The van der Waals surface area contributed by atoms with E-state index in [-0.39, 0.29) is 24.0 Å². The third-order valence-electron chi connectivity index (χ3n) is 4.40. The van der Waals surface area contributed by atoms with E-state index in [4.69, 9.17) is 9.73 Å². The Balaban J connectivity index is 0.00000312. The molecule has 0 saturated carbocycles. The predicted octanol–water partition coefficient (Wildman–Crippen LogP) is 2.78. The first kappa shape index (κ1) is 22.2. The quantitative estimate of drug-likeness (QED) is 0.390. The number of benzene rings is 1. The summed E-state index contributed by atoms with van der Waals surface area (Å²) in [6.45, 7) is 13.8. The Kier molecular flexibility index (Phi) is 10.4. The molecule has 0 aliphatic carbocycles. The average molecular weight is 460 g/mol. The largest absolute Gasteiger partial charge is 0.379 e. The number of hydrogen-bond acceptors (Lipinski definition) is 3. The molecule has 1 saturated heterocycles. The molecule has 2 unspecified atom stereocenters. The Hall–Kier alpha value is -0.860. The van der Waals surface area contributed by atoms with Gasteiger partial charge in [0.05, 0.1) is 19.8 Å². The van der Waals surface area contributed by atoms with Crippen molar-refractivity contribution in [3.63, 3.8) is 0 Å². The number of rotatable bonds is 6. The van der Waals surface area contributed by atoms with Crippen molar-refractivity contribution in [2.45, 2.75) is 46.3 Å². The van der Waals surface area contributed by atoms with Crippen LogP contribution in [0.1, 0.15) is 31.9 Å². The number of ether oxygens (including phenoxy) is 1. The van der Waals surface area contributed by atoms with E-state index < -0.39 is 0 Å². The molecule has 1 heterocycles. The van der Waals surface area contributed by atoms with Crippen molar-refractivity contribution in [3.8, 4) is 0 Å². The topological polar surface area (TPSA) is 48.9 Å². The van der Waals surface area contributed by atoms with Crippen LogP contribution in [0.5, 0.6) is 0 Å². The maximum Gasteiger partial charge on any atom is 0.191 e. The summed E-state index contributed by atoms with van der Waals surface area (Å²) in [6, 6.07) is 9.43. The highest BCUT2D eigenvalue weighted by molar-refractivity contribution is 14.0. The molecule has 0 bridgehead atoms. The summed E-state index contributed by atoms with van der Waals surface area (Å²) in [7, 11) is 0. The Labute approximate surface area is 169 Å². The molecular weight excluding hydrogens is 427 g/mol. The minimum atomic E-state index is 0. The first-order valence-corrected chi connectivity index (χ1v) is 9.01. The summed E-state index contributed by atoms with van der Waals surface area (Å²) in [5.41, 5.74) is 2.51. The molecule has 2 rings (SSSR count). The molecule has 0 amide bonds. The lowest BCUT2D eigenvalue weighted by atomic mass is 10.1. The molecule has 1 fully saturated rings. The summed E-state index contributed by atoms with van der Waals surface area (Å²) in [5.74, 6) is 0.881. The maximum absolute atomic E-state index is 5.53. The lowest BCUT2D eigenvalue weighted by molar-refractivity contribution is -0.0174. The van der Waals surface area contributed by atoms with Crippen LogP contribution >= 0.6 is 24.0 Å². The fraction of sp³-hybridized carbons (Fsp3) is 0.632. The van der Waals surface area contributed by atoms with Crippen LogP contribution in [0.15, 0.2) is 29.3 Å². The van der Waals surface area contributed by atoms with Crippen LogP contribution in [0, 0.1) is 6.92 Å². The van der Waals surface area contributed by atoms with Crippen molar-refractivity contribution in [1.29, 1.82) is 0 Å². The van der Waals surface area contributed by atoms with Gasteiger partial charge in [-0.2, -0.15) is 0 Å². The van der Waals surface area contributed by atoms with Crippen molar-refractivity contribution in [2.24, 2.45) is 4.99 Å². The highest BCUT2D eigenvalue weighted by Crippen LogP contribution is 2.10. The lowest BCUT2D eigenvalue weighted by Crippen LogP contribution is -2.53. The zero-order chi connectivity index (χ0) is 17.4. The number of hydrogen-bond donors (Lipinski definition) is 2. The fourth-order valence-electron chi connectivity index (χ4n) is 3.08. The Bertz CT molecular complexity index is 538. The summed E-state index contributed by atoms with van der Waals surface area (Å²) in [4.78, 5) is 7.21. The van der Waals surface area contributed by atoms with Gasteiger partial charge in [-0.25, -0.2) is 4.99 Å². The van der Waals surface area contributed by atoms with E-state index in [9.17, 15) is 0 Å². The van der Waals surface area contributed by atoms with Crippen LogP contribution in [0.2, 0.25) is 0 Å². The summed E-state index contributed by atoms with van der Waals surface area (Å²) >= 11 is 0. The van der Waals surface area contributed by atoms with E-state index in [0.717, 1.165) is 38.8 Å². The number of nitrogens with one attached hydrogen (secondary N) is 2. The van der Waals surface area contributed by atoms with Crippen molar-refractivity contribution in [1.82, 2.24) is 15.5 Å². The molecule has 0 aromatic heterocycles. The highest BCUT2D eigenvalue weighted by atomic mass is 127.